The lowest BCUT2D eigenvalue weighted by molar-refractivity contribution is -0.137. The number of hydrogen-bond donors (Lipinski definition) is 2. The summed E-state index contributed by atoms with van der Waals surface area (Å²) in [5, 5.41) is 5.70. The van der Waals surface area contributed by atoms with E-state index in [1.165, 1.54) is 7.11 Å². The number of carbonyl (C=O) groups is 1. The van der Waals surface area contributed by atoms with E-state index >= 15 is 0 Å². The van der Waals surface area contributed by atoms with Gasteiger partial charge in [-0.2, -0.15) is 13.2 Å². The van der Waals surface area contributed by atoms with Crippen molar-refractivity contribution in [2.24, 2.45) is 4.99 Å². The molecule has 1 fully saturated rings. The maximum Gasteiger partial charge on any atom is 0.416 e. The number of ether oxygens (including phenoxy) is 2. The Morgan fingerprint density at radius 3 is 2.58 bits per heavy atom. The predicted octanol–water partition coefficient (Wildman–Crippen LogP) is 4.40. The zero-order chi connectivity index (χ0) is 22.4. The Labute approximate surface area is 178 Å². The first kappa shape index (κ1) is 22.6. The van der Waals surface area contributed by atoms with Crippen LogP contribution in [0.4, 0.5) is 18.9 Å². The van der Waals surface area contributed by atoms with E-state index in [1.54, 1.807) is 6.07 Å². The van der Waals surface area contributed by atoms with Crippen LogP contribution >= 0.6 is 0 Å². The zero-order valence-corrected chi connectivity index (χ0v) is 17.3. The molecule has 0 bridgehead atoms. The van der Waals surface area contributed by atoms with Crippen LogP contribution < -0.4 is 15.4 Å². The maximum absolute atomic E-state index is 12.8. The minimum Gasteiger partial charge on any atom is -0.495 e. The Bertz CT molecular complexity index is 937. The number of aryl methyl sites for hydroxylation is 1. The number of benzene rings is 2. The number of amides is 1. The standard InChI is InChI=1S/C22H24F3N3O3/c1-14-5-10-19(30-2)18(12-14)27-21(26-13-17-4-3-11-31-17)28-20(29)15-6-8-16(9-7-15)22(23,24)25/h5-10,12,17H,3-4,11,13H2,1-2H3,(H2,26,27,28,29)/t17-/m0/s1. The molecule has 0 radical (unpaired) electrons. The van der Waals surface area contributed by atoms with Crippen molar-refractivity contribution >= 4 is 17.6 Å². The van der Waals surface area contributed by atoms with Crippen molar-refractivity contribution in [2.45, 2.75) is 32.0 Å². The van der Waals surface area contributed by atoms with Crippen LogP contribution in [0.25, 0.3) is 0 Å². The van der Waals surface area contributed by atoms with Crippen molar-refractivity contribution in [1.82, 2.24) is 5.32 Å². The number of carbonyl (C=O) groups excluding carboxylic acids is 1. The van der Waals surface area contributed by atoms with Crippen molar-refractivity contribution in [3.05, 3.63) is 59.2 Å². The second-order valence-electron chi connectivity index (χ2n) is 7.18. The summed E-state index contributed by atoms with van der Waals surface area (Å²) in [6.45, 7) is 2.92. The molecular formula is C22H24F3N3O3. The summed E-state index contributed by atoms with van der Waals surface area (Å²) in [4.78, 5) is 17.1. The molecule has 0 unspecified atom stereocenters. The molecule has 2 aromatic rings. The number of aliphatic imine (C=N–C) groups is 1. The number of guanidine groups is 1. The Morgan fingerprint density at radius 1 is 1.23 bits per heavy atom. The van der Waals surface area contributed by atoms with Crippen LogP contribution in [0.3, 0.4) is 0 Å². The van der Waals surface area contributed by atoms with E-state index < -0.39 is 17.6 Å². The smallest absolute Gasteiger partial charge is 0.416 e. The van der Waals surface area contributed by atoms with Gasteiger partial charge in [-0.05, 0) is 61.7 Å². The highest BCUT2D eigenvalue weighted by Gasteiger charge is 2.30. The summed E-state index contributed by atoms with van der Waals surface area (Å²) in [7, 11) is 1.53. The molecule has 0 saturated carbocycles. The number of rotatable bonds is 5. The van der Waals surface area contributed by atoms with E-state index in [2.05, 4.69) is 15.6 Å². The molecule has 1 aliphatic heterocycles. The molecule has 0 aromatic heterocycles. The van der Waals surface area contributed by atoms with Crippen LogP contribution in [0.15, 0.2) is 47.5 Å². The van der Waals surface area contributed by atoms with Crippen LogP contribution in [-0.2, 0) is 10.9 Å². The van der Waals surface area contributed by atoms with Crippen LogP contribution in [0.2, 0.25) is 0 Å². The van der Waals surface area contributed by atoms with Crippen molar-refractivity contribution in [3.63, 3.8) is 0 Å². The number of halogens is 3. The van der Waals surface area contributed by atoms with E-state index in [-0.39, 0.29) is 17.6 Å². The van der Waals surface area contributed by atoms with Gasteiger partial charge < -0.3 is 14.8 Å². The van der Waals surface area contributed by atoms with Gasteiger partial charge in [0, 0.05) is 12.2 Å². The van der Waals surface area contributed by atoms with E-state index in [0.717, 1.165) is 42.7 Å². The SMILES string of the molecule is COc1ccc(C)cc1NC(=NC[C@@H]1CCCO1)NC(=O)c1ccc(C(F)(F)F)cc1. The van der Waals surface area contributed by atoms with Gasteiger partial charge in [-0.25, -0.2) is 4.99 Å². The highest BCUT2D eigenvalue weighted by atomic mass is 19.4. The summed E-state index contributed by atoms with van der Waals surface area (Å²) < 4.78 is 49.2. The summed E-state index contributed by atoms with van der Waals surface area (Å²) >= 11 is 0. The highest BCUT2D eigenvalue weighted by Crippen LogP contribution is 2.29. The average Bonchev–Trinajstić information content (AvgIpc) is 3.25. The first-order chi connectivity index (χ1) is 14.8. The first-order valence-electron chi connectivity index (χ1n) is 9.82. The van der Waals surface area contributed by atoms with E-state index in [1.807, 2.05) is 19.1 Å². The fourth-order valence-corrected chi connectivity index (χ4v) is 3.13. The number of hydrogen-bond acceptors (Lipinski definition) is 4. The minimum atomic E-state index is -4.47. The summed E-state index contributed by atoms with van der Waals surface area (Å²) in [5.74, 6) is 0.127. The fourth-order valence-electron chi connectivity index (χ4n) is 3.13. The monoisotopic (exact) mass is 435 g/mol. The molecule has 31 heavy (non-hydrogen) atoms. The van der Waals surface area contributed by atoms with Gasteiger partial charge in [0.1, 0.15) is 5.75 Å². The van der Waals surface area contributed by atoms with E-state index in [4.69, 9.17) is 9.47 Å². The normalized spacial score (nSPS) is 16.8. The fraction of sp³-hybridized carbons (Fsp3) is 0.364. The number of nitrogens with one attached hydrogen (secondary N) is 2. The van der Waals surface area contributed by atoms with Crippen molar-refractivity contribution in [2.75, 3.05) is 25.6 Å². The average molecular weight is 435 g/mol. The molecule has 2 N–H and O–H groups in total. The predicted molar refractivity (Wildman–Crippen MR) is 112 cm³/mol. The quantitative estimate of drug-likeness (QED) is 0.540. The van der Waals surface area contributed by atoms with Gasteiger partial charge in [0.05, 0.1) is 31.0 Å². The second kappa shape index (κ2) is 9.82. The number of methoxy groups -OCH3 is 1. The third kappa shape index (κ3) is 6.21. The molecule has 166 valence electrons. The molecule has 3 rings (SSSR count). The topological polar surface area (TPSA) is 71.9 Å². The Balaban J connectivity index is 1.80. The molecule has 1 saturated heterocycles. The Hall–Kier alpha value is -3.07. The molecule has 0 spiro atoms. The van der Waals surface area contributed by atoms with E-state index in [0.29, 0.717) is 24.6 Å². The first-order valence-corrected chi connectivity index (χ1v) is 9.82. The summed E-state index contributed by atoms with van der Waals surface area (Å²) in [6, 6.07) is 9.50. The number of anilines is 1. The highest BCUT2D eigenvalue weighted by molar-refractivity contribution is 6.10. The molecule has 0 aliphatic carbocycles. The lowest BCUT2D eigenvalue weighted by atomic mass is 10.1. The van der Waals surface area contributed by atoms with Crippen molar-refractivity contribution in [1.29, 1.82) is 0 Å². The molecule has 9 heteroatoms. The third-order valence-electron chi connectivity index (χ3n) is 4.79. The number of nitrogens with zero attached hydrogens (tertiary/aromatic N) is 1. The Kier molecular flexibility index (Phi) is 7.17. The van der Waals surface area contributed by atoms with Crippen LogP contribution in [0.5, 0.6) is 5.75 Å². The van der Waals surface area contributed by atoms with Crippen molar-refractivity contribution < 1.29 is 27.4 Å². The van der Waals surface area contributed by atoms with Crippen LogP contribution in [0, 0.1) is 6.92 Å². The van der Waals surface area contributed by atoms with Crippen LogP contribution in [0.1, 0.15) is 34.3 Å². The van der Waals surface area contributed by atoms with Gasteiger partial charge >= 0.3 is 6.18 Å². The molecule has 1 aliphatic rings. The molecule has 1 amide bonds. The second-order valence-corrected chi connectivity index (χ2v) is 7.18. The van der Waals surface area contributed by atoms with Gasteiger partial charge in [0.25, 0.3) is 5.91 Å². The van der Waals surface area contributed by atoms with Gasteiger partial charge in [0.2, 0.25) is 5.96 Å². The van der Waals surface area contributed by atoms with Gasteiger partial charge in [-0.3, -0.25) is 10.1 Å². The van der Waals surface area contributed by atoms with Crippen LogP contribution in [-0.4, -0.2) is 38.2 Å². The third-order valence-corrected chi connectivity index (χ3v) is 4.79. The molecule has 1 heterocycles. The Morgan fingerprint density at radius 2 is 1.97 bits per heavy atom. The van der Waals surface area contributed by atoms with E-state index in [9.17, 15) is 18.0 Å². The van der Waals surface area contributed by atoms with Gasteiger partial charge in [-0.15, -0.1) is 0 Å². The molecule has 2 aromatic carbocycles. The molecule has 6 nitrogen and oxygen atoms in total. The lowest BCUT2D eigenvalue weighted by Gasteiger charge is -2.16. The largest absolute Gasteiger partial charge is 0.495 e. The van der Waals surface area contributed by atoms with Gasteiger partial charge in [0.15, 0.2) is 0 Å². The molecular weight excluding hydrogens is 411 g/mol. The lowest BCUT2D eigenvalue weighted by Crippen LogP contribution is -2.37. The van der Waals surface area contributed by atoms with Gasteiger partial charge in [-0.1, -0.05) is 6.07 Å². The van der Waals surface area contributed by atoms with Crippen molar-refractivity contribution in [3.8, 4) is 5.75 Å². The summed E-state index contributed by atoms with van der Waals surface area (Å²) in [6.07, 6.45) is -2.69. The zero-order valence-electron chi connectivity index (χ0n) is 17.3. The molecule has 1 atom stereocenters. The summed E-state index contributed by atoms with van der Waals surface area (Å²) in [5.41, 5.74) is 0.826. The minimum absolute atomic E-state index is 0.0424. The number of alkyl halides is 3. The maximum atomic E-state index is 12.8.